The topological polar surface area (TPSA) is 61.0 Å². The van der Waals surface area contributed by atoms with Crippen LogP contribution >= 0.6 is 23.2 Å². The molecule has 0 radical (unpaired) electrons. The van der Waals surface area contributed by atoms with Gasteiger partial charge in [-0.15, -0.1) is 0 Å². The molecule has 100 valence electrons. The highest BCUT2D eigenvalue weighted by atomic mass is 35.5. The van der Waals surface area contributed by atoms with Crippen LogP contribution in [0.5, 0.6) is 0 Å². The summed E-state index contributed by atoms with van der Waals surface area (Å²) in [4.78, 5) is 8.51. The summed E-state index contributed by atoms with van der Waals surface area (Å²) >= 11 is 11.9. The molecule has 1 heterocycles. The Morgan fingerprint density at radius 1 is 1.16 bits per heavy atom. The standard InChI is InChI=1S/C13H13Cl2N3O/c1-2-19-7-13-17-11(6-12(16)18-13)8-3-4-9(14)10(15)5-8/h3-6H,2,7H2,1H3,(H2,16,17,18). The molecule has 1 aromatic carbocycles. The SMILES string of the molecule is CCOCc1nc(N)cc(-c2ccc(Cl)c(Cl)c2)n1. The Hall–Kier alpha value is -1.36. The van der Waals surface area contributed by atoms with Crippen molar-refractivity contribution in [1.29, 1.82) is 0 Å². The zero-order chi connectivity index (χ0) is 13.8. The molecule has 0 amide bonds. The highest BCUT2D eigenvalue weighted by Crippen LogP contribution is 2.28. The lowest BCUT2D eigenvalue weighted by Crippen LogP contribution is -2.03. The minimum atomic E-state index is 0.329. The molecular formula is C13H13Cl2N3O. The van der Waals surface area contributed by atoms with Gasteiger partial charge in [0.05, 0.1) is 15.7 Å². The Morgan fingerprint density at radius 2 is 1.95 bits per heavy atom. The zero-order valence-corrected chi connectivity index (χ0v) is 11.9. The van der Waals surface area contributed by atoms with E-state index in [1.54, 1.807) is 18.2 Å². The van der Waals surface area contributed by atoms with E-state index in [0.29, 0.717) is 40.6 Å². The molecule has 4 nitrogen and oxygen atoms in total. The highest BCUT2D eigenvalue weighted by Gasteiger charge is 2.07. The second-order valence-electron chi connectivity index (χ2n) is 3.86. The predicted molar refractivity (Wildman–Crippen MR) is 77.2 cm³/mol. The van der Waals surface area contributed by atoms with Gasteiger partial charge in [0.1, 0.15) is 12.4 Å². The van der Waals surface area contributed by atoms with Crippen molar-refractivity contribution in [3.8, 4) is 11.3 Å². The molecule has 1 aromatic heterocycles. The summed E-state index contributed by atoms with van der Waals surface area (Å²) in [5.74, 6) is 0.939. The number of halogens is 2. The molecule has 0 fully saturated rings. The monoisotopic (exact) mass is 297 g/mol. The number of ether oxygens (including phenoxy) is 1. The van der Waals surface area contributed by atoms with Crippen molar-refractivity contribution >= 4 is 29.0 Å². The normalized spacial score (nSPS) is 10.7. The number of benzene rings is 1. The van der Waals surface area contributed by atoms with E-state index in [9.17, 15) is 0 Å². The molecule has 2 aromatic rings. The summed E-state index contributed by atoms with van der Waals surface area (Å²) in [6, 6.07) is 6.99. The minimum Gasteiger partial charge on any atom is -0.384 e. The Labute approximate surface area is 121 Å². The zero-order valence-electron chi connectivity index (χ0n) is 10.4. The maximum atomic E-state index is 6.00. The quantitative estimate of drug-likeness (QED) is 0.937. The molecule has 0 saturated carbocycles. The van der Waals surface area contributed by atoms with Gasteiger partial charge in [0.25, 0.3) is 0 Å². The van der Waals surface area contributed by atoms with E-state index >= 15 is 0 Å². The predicted octanol–water partition coefficient (Wildman–Crippen LogP) is 3.57. The lowest BCUT2D eigenvalue weighted by atomic mass is 10.1. The van der Waals surface area contributed by atoms with E-state index in [4.69, 9.17) is 33.7 Å². The molecule has 0 saturated heterocycles. The van der Waals surface area contributed by atoms with Gasteiger partial charge in [-0.2, -0.15) is 0 Å². The Bertz CT molecular complexity index is 590. The van der Waals surface area contributed by atoms with Crippen molar-refractivity contribution in [3.05, 3.63) is 40.1 Å². The van der Waals surface area contributed by atoms with Crippen molar-refractivity contribution in [1.82, 2.24) is 9.97 Å². The number of rotatable bonds is 4. The first-order valence-corrected chi connectivity index (χ1v) is 6.52. The summed E-state index contributed by atoms with van der Waals surface area (Å²) in [5, 5.41) is 0.977. The molecule has 2 N–H and O–H groups in total. The molecule has 0 atom stereocenters. The van der Waals surface area contributed by atoms with E-state index in [-0.39, 0.29) is 0 Å². The summed E-state index contributed by atoms with van der Waals surface area (Å²) in [6.45, 7) is 2.84. The van der Waals surface area contributed by atoms with Gasteiger partial charge in [-0.25, -0.2) is 9.97 Å². The first-order valence-electron chi connectivity index (χ1n) is 5.76. The highest BCUT2D eigenvalue weighted by molar-refractivity contribution is 6.42. The fourth-order valence-electron chi connectivity index (χ4n) is 1.58. The summed E-state index contributed by atoms with van der Waals surface area (Å²) < 4.78 is 5.28. The van der Waals surface area contributed by atoms with Gasteiger partial charge in [-0.1, -0.05) is 29.3 Å². The van der Waals surface area contributed by atoms with Crippen molar-refractivity contribution in [2.24, 2.45) is 0 Å². The number of hydrogen-bond acceptors (Lipinski definition) is 4. The van der Waals surface area contributed by atoms with Gasteiger partial charge in [0.2, 0.25) is 0 Å². The van der Waals surface area contributed by atoms with E-state index in [1.165, 1.54) is 0 Å². The fourth-order valence-corrected chi connectivity index (χ4v) is 1.88. The average molecular weight is 298 g/mol. The van der Waals surface area contributed by atoms with Crippen LogP contribution in [0, 0.1) is 0 Å². The molecule has 0 spiro atoms. The van der Waals surface area contributed by atoms with Crippen LogP contribution in [0.4, 0.5) is 5.82 Å². The maximum Gasteiger partial charge on any atom is 0.157 e. The van der Waals surface area contributed by atoms with E-state index in [2.05, 4.69) is 9.97 Å². The van der Waals surface area contributed by atoms with Gasteiger partial charge in [0.15, 0.2) is 5.82 Å². The Kier molecular flexibility index (Phi) is 4.58. The Morgan fingerprint density at radius 3 is 2.63 bits per heavy atom. The van der Waals surface area contributed by atoms with E-state index in [0.717, 1.165) is 5.56 Å². The Balaban J connectivity index is 2.37. The van der Waals surface area contributed by atoms with Gasteiger partial charge >= 0.3 is 0 Å². The summed E-state index contributed by atoms with van der Waals surface area (Å²) in [6.07, 6.45) is 0. The number of hydrogen-bond donors (Lipinski definition) is 1. The lowest BCUT2D eigenvalue weighted by Gasteiger charge is -2.07. The largest absolute Gasteiger partial charge is 0.384 e. The third-order valence-corrected chi connectivity index (χ3v) is 3.18. The number of nitrogens with two attached hydrogens (primary N) is 1. The van der Waals surface area contributed by atoms with Crippen LogP contribution in [-0.4, -0.2) is 16.6 Å². The summed E-state index contributed by atoms with van der Waals surface area (Å²) in [5.41, 5.74) is 7.30. The minimum absolute atomic E-state index is 0.329. The molecule has 0 unspecified atom stereocenters. The molecule has 2 rings (SSSR count). The number of aromatic nitrogens is 2. The first-order chi connectivity index (χ1) is 9.10. The van der Waals surface area contributed by atoms with Crippen molar-refractivity contribution < 1.29 is 4.74 Å². The average Bonchev–Trinajstić information content (AvgIpc) is 2.39. The number of anilines is 1. The van der Waals surface area contributed by atoms with Crippen molar-refractivity contribution in [2.45, 2.75) is 13.5 Å². The van der Waals surface area contributed by atoms with Crippen LogP contribution in [0.2, 0.25) is 10.0 Å². The van der Waals surface area contributed by atoms with E-state index < -0.39 is 0 Å². The second kappa shape index (κ2) is 6.19. The molecule has 0 aliphatic carbocycles. The van der Waals surface area contributed by atoms with Gasteiger partial charge in [-0.05, 0) is 19.1 Å². The third-order valence-electron chi connectivity index (χ3n) is 2.44. The fraction of sp³-hybridized carbons (Fsp3) is 0.231. The maximum absolute atomic E-state index is 6.00. The molecule has 6 heteroatoms. The summed E-state index contributed by atoms with van der Waals surface area (Å²) in [7, 11) is 0. The molecular weight excluding hydrogens is 285 g/mol. The van der Waals surface area contributed by atoms with Crippen LogP contribution < -0.4 is 5.73 Å². The van der Waals surface area contributed by atoms with Crippen molar-refractivity contribution in [3.63, 3.8) is 0 Å². The van der Waals surface area contributed by atoms with Crippen molar-refractivity contribution in [2.75, 3.05) is 12.3 Å². The smallest absolute Gasteiger partial charge is 0.157 e. The second-order valence-corrected chi connectivity index (χ2v) is 4.67. The number of nitrogens with zero attached hydrogens (tertiary/aromatic N) is 2. The van der Waals surface area contributed by atoms with Crippen LogP contribution in [0.3, 0.4) is 0 Å². The van der Waals surface area contributed by atoms with Gasteiger partial charge in [-0.3, -0.25) is 0 Å². The molecule has 19 heavy (non-hydrogen) atoms. The van der Waals surface area contributed by atoms with Crippen LogP contribution in [0.15, 0.2) is 24.3 Å². The molecule has 0 aliphatic rings. The van der Waals surface area contributed by atoms with Crippen LogP contribution in [0.1, 0.15) is 12.7 Å². The van der Waals surface area contributed by atoms with Gasteiger partial charge < -0.3 is 10.5 Å². The first kappa shape index (κ1) is 14.1. The van der Waals surface area contributed by atoms with E-state index in [1.807, 2.05) is 13.0 Å². The van der Waals surface area contributed by atoms with Crippen LogP contribution in [0.25, 0.3) is 11.3 Å². The molecule has 0 bridgehead atoms. The molecule has 0 aliphatic heterocycles. The lowest BCUT2D eigenvalue weighted by molar-refractivity contribution is 0.128. The van der Waals surface area contributed by atoms with Gasteiger partial charge in [0, 0.05) is 18.2 Å². The third kappa shape index (κ3) is 3.56. The van der Waals surface area contributed by atoms with Crippen LogP contribution in [-0.2, 0) is 11.3 Å². The number of nitrogen functional groups attached to an aromatic ring is 1.